The molecule has 0 aromatic heterocycles. The highest BCUT2D eigenvalue weighted by Gasteiger charge is 2.20. The van der Waals surface area contributed by atoms with Gasteiger partial charge in [-0.05, 0) is 12.1 Å². The largest absolute Gasteiger partial charge is 0.497 e. The quantitative estimate of drug-likeness (QED) is 0.749. The van der Waals surface area contributed by atoms with E-state index >= 15 is 0 Å². The van der Waals surface area contributed by atoms with Gasteiger partial charge >= 0.3 is 0 Å². The summed E-state index contributed by atoms with van der Waals surface area (Å²) < 4.78 is 5.10. The van der Waals surface area contributed by atoms with Gasteiger partial charge in [0.25, 0.3) is 5.91 Å². The van der Waals surface area contributed by atoms with Gasteiger partial charge in [-0.1, -0.05) is 0 Å². The number of ether oxygens (including phenoxy) is 1. The molecule has 1 aromatic carbocycles. The molecular formula is C13H17N3O3. The summed E-state index contributed by atoms with van der Waals surface area (Å²) >= 11 is 0. The van der Waals surface area contributed by atoms with Crippen molar-refractivity contribution < 1.29 is 14.3 Å². The van der Waals surface area contributed by atoms with Crippen molar-refractivity contribution in [3.63, 3.8) is 0 Å². The van der Waals surface area contributed by atoms with Gasteiger partial charge in [0, 0.05) is 43.4 Å². The Labute approximate surface area is 111 Å². The second-order valence-corrected chi connectivity index (χ2v) is 4.39. The number of nitrogen functional groups attached to an aromatic ring is 1. The van der Waals surface area contributed by atoms with Gasteiger partial charge in [-0.2, -0.15) is 0 Å². The summed E-state index contributed by atoms with van der Waals surface area (Å²) in [6, 6.07) is 4.92. The molecule has 0 unspecified atom stereocenters. The molecule has 2 amide bonds. The Bertz CT molecular complexity index is 502. The highest BCUT2D eigenvalue weighted by molar-refractivity contribution is 5.96. The molecule has 0 saturated carbocycles. The van der Waals surface area contributed by atoms with Gasteiger partial charge < -0.3 is 20.7 Å². The fraction of sp³-hybridized carbons (Fsp3) is 0.385. The number of nitrogens with two attached hydrogens (primary N) is 1. The fourth-order valence-corrected chi connectivity index (χ4v) is 2.02. The molecule has 1 aliphatic rings. The van der Waals surface area contributed by atoms with Crippen molar-refractivity contribution >= 4 is 17.5 Å². The number of nitrogens with one attached hydrogen (secondary N) is 1. The van der Waals surface area contributed by atoms with Crippen LogP contribution in [-0.4, -0.2) is 43.5 Å². The molecule has 1 fully saturated rings. The molecule has 1 saturated heterocycles. The van der Waals surface area contributed by atoms with Crippen LogP contribution >= 0.6 is 0 Å². The maximum absolute atomic E-state index is 12.4. The van der Waals surface area contributed by atoms with Crippen LogP contribution in [0, 0.1) is 0 Å². The Hall–Kier alpha value is -2.24. The number of benzene rings is 1. The van der Waals surface area contributed by atoms with Crippen LogP contribution < -0.4 is 15.8 Å². The van der Waals surface area contributed by atoms with E-state index in [0.29, 0.717) is 43.1 Å². The lowest BCUT2D eigenvalue weighted by atomic mass is 10.1. The Morgan fingerprint density at radius 3 is 2.89 bits per heavy atom. The first kappa shape index (κ1) is 13.2. The van der Waals surface area contributed by atoms with Crippen molar-refractivity contribution in [2.75, 3.05) is 32.5 Å². The summed E-state index contributed by atoms with van der Waals surface area (Å²) in [5.41, 5.74) is 6.69. The number of hydrogen-bond donors (Lipinski definition) is 2. The Morgan fingerprint density at radius 1 is 1.37 bits per heavy atom. The van der Waals surface area contributed by atoms with Gasteiger partial charge in [0.15, 0.2) is 0 Å². The van der Waals surface area contributed by atoms with Crippen LogP contribution in [0.5, 0.6) is 5.75 Å². The van der Waals surface area contributed by atoms with Crippen molar-refractivity contribution in [1.82, 2.24) is 10.2 Å². The van der Waals surface area contributed by atoms with E-state index in [1.165, 1.54) is 7.11 Å². The summed E-state index contributed by atoms with van der Waals surface area (Å²) in [7, 11) is 1.53. The normalized spacial score (nSPS) is 15.6. The predicted molar refractivity (Wildman–Crippen MR) is 70.9 cm³/mol. The third-order valence-corrected chi connectivity index (χ3v) is 3.01. The molecule has 6 heteroatoms. The smallest absolute Gasteiger partial charge is 0.254 e. The summed E-state index contributed by atoms with van der Waals surface area (Å²) in [6.45, 7) is 1.40. The fourth-order valence-electron chi connectivity index (χ4n) is 2.02. The highest BCUT2D eigenvalue weighted by atomic mass is 16.5. The summed E-state index contributed by atoms with van der Waals surface area (Å²) in [4.78, 5) is 25.3. The third kappa shape index (κ3) is 3.15. The topological polar surface area (TPSA) is 84.7 Å². The average Bonchev–Trinajstić information content (AvgIpc) is 2.62. The van der Waals surface area contributed by atoms with Crippen molar-refractivity contribution in [3.8, 4) is 5.75 Å². The molecule has 6 nitrogen and oxygen atoms in total. The molecule has 1 heterocycles. The molecule has 1 aromatic rings. The van der Waals surface area contributed by atoms with Crippen molar-refractivity contribution in [2.24, 2.45) is 0 Å². The standard InChI is InChI=1S/C13H17N3O3/c1-19-11-7-9(6-10(14)8-11)13(18)16-4-2-12(17)15-3-5-16/h6-8H,2-5,14H2,1H3,(H,15,17). The molecule has 19 heavy (non-hydrogen) atoms. The minimum atomic E-state index is -0.137. The second kappa shape index (κ2) is 5.60. The predicted octanol–water partition coefficient (Wildman–Crippen LogP) is 0.239. The third-order valence-electron chi connectivity index (χ3n) is 3.01. The monoisotopic (exact) mass is 263 g/mol. The first-order valence-corrected chi connectivity index (χ1v) is 6.10. The number of methoxy groups -OCH3 is 1. The molecule has 0 atom stereocenters. The zero-order chi connectivity index (χ0) is 13.8. The van der Waals surface area contributed by atoms with Gasteiger partial charge in [-0.25, -0.2) is 0 Å². The molecule has 2 rings (SSSR count). The van der Waals surface area contributed by atoms with Crippen molar-refractivity contribution in [2.45, 2.75) is 6.42 Å². The Kier molecular flexibility index (Phi) is 3.89. The van der Waals surface area contributed by atoms with Crippen LogP contribution in [-0.2, 0) is 4.79 Å². The number of carbonyl (C=O) groups excluding carboxylic acids is 2. The molecule has 3 N–H and O–H groups in total. The molecule has 0 bridgehead atoms. The van der Waals surface area contributed by atoms with Crippen LogP contribution in [0.2, 0.25) is 0 Å². The maximum Gasteiger partial charge on any atom is 0.254 e. The van der Waals surface area contributed by atoms with Gasteiger partial charge in [-0.15, -0.1) is 0 Å². The zero-order valence-corrected chi connectivity index (χ0v) is 10.8. The molecule has 1 aliphatic heterocycles. The van der Waals surface area contributed by atoms with Crippen LogP contribution in [0.15, 0.2) is 18.2 Å². The molecule has 0 spiro atoms. The molecule has 102 valence electrons. The van der Waals surface area contributed by atoms with E-state index in [2.05, 4.69) is 5.32 Å². The average molecular weight is 263 g/mol. The lowest BCUT2D eigenvalue weighted by Crippen LogP contribution is -2.34. The number of carbonyl (C=O) groups is 2. The summed E-state index contributed by atoms with van der Waals surface area (Å²) in [5, 5.41) is 2.73. The first-order valence-electron chi connectivity index (χ1n) is 6.10. The van der Waals surface area contributed by atoms with E-state index in [9.17, 15) is 9.59 Å². The summed E-state index contributed by atoms with van der Waals surface area (Å²) in [5.74, 6) is 0.384. The second-order valence-electron chi connectivity index (χ2n) is 4.39. The van der Waals surface area contributed by atoms with Crippen molar-refractivity contribution in [1.29, 1.82) is 0 Å². The van der Waals surface area contributed by atoms with Gasteiger partial charge in [-0.3, -0.25) is 9.59 Å². The SMILES string of the molecule is COc1cc(N)cc(C(=O)N2CCNC(=O)CC2)c1. The molecular weight excluding hydrogens is 246 g/mol. The van der Waals surface area contributed by atoms with Crippen LogP contribution in [0.25, 0.3) is 0 Å². The molecule has 0 radical (unpaired) electrons. The summed E-state index contributed by atoms with van der Waals surface area (Å²) in [6.07, 6.45) is 0.325. The Balaban J connectivity index is 2.18. The van der Waals surface area contributed by atoms with Crippen LogP contribution in [0.1, 0.15) is 16.8 Å². The highest BCUT2D eigenvalue weighted by Crippen LogP contribution is 2.20. The number of anilines is 1. The first-order chi connectivity index (χ1) is 9.10. The van der Waals surface area contributed by atoms with E-state index in [-0.39, 0.29) is 11.8 Å². The van der Waals surface area contributed by atoms with E-state index in [1.54, 1.807) is 23.1 Å². The maximum atomic E-state index is 12.4. The lowest BCUT2D eigenvalue weighted by Gasteiger charge is -2.20. The van der Waals surface area contributed by atoms with Crippen LogP contribution in [0.3, 0.4) is 0 Å². The van der Waals surface area contributed by atoms with Gasteiger partial charge in [0.1, 0.15) is 5.75 Å². The number of hydrogen-bond acceptors (Lipinski definition) is 4. The number of rotatable bonds is 2. The Morgan fingerprint density at radius 2 is 2.16 bits per heavy atom. The van der Waals surface area contributed by atoms with E-state index in [0.717, 1.165) is 0 Å². The van der Waals surface area contributed by atoms with Gasteiger partial charge in [0.05, 0.1) is 7.11 Å². The van der Waals surface area contributed by atoms with Crippen LogP contribution in [0.4, 0.5) is 5.69 Å². The molecule has 0 aliphatic carbocycles. The zero-order valence-electron chi connectivity index (χ0n) is 10.8. The minimum Gasteiger partial charge on any atom is -0.497 e. The van der Waals surface area contributed by atoms with E-state index < -0.39 is 0 Å². The number of amides is 2. The van der Waals surface area contributed by atoms with E-state index in [4.69, 9.17) is 10.5 Å². The van der Waals surface area contributed by atoms with E-state index in [1.807, 2.05) is 0 Å². The lowest BCUT2D eigenvalue weighted by molar-refractivity contribution is -0.120. The minimum absolute atomic E-state index is 0.0274. The van der Waals surface area contributed by atoms with Gasteiger partial charge in [0.2, 0.25) is 5.91 Å². The van der Waals surface area contributed by atoms with Crippen molar-refractivity contribution in [3.05, 3.63) is 23.8 Å². The number of nitrogens with zero attached hydrogens (tertiary/aromatic N) is 1.